The van der Waals surface area contributed by atoms with Crippen LogP contribution in [0.15, 0.2) is 58.9 Å². The van der Waals surface area contributed by atoms with E-state index in [0.29, 0.717) is 51.1 Å². The van der Waals surface area contributed by atoms with E-state index in [2.05, 4.69) is 29.5 Å². The van der Waals surface area contributed by atoms with Crippen molar-refractivity contribution in [1.82, 2.24) is 10.3 Å². The smallest absolute Gasteiger partial charge is 0.255 e. The number of allylic oxidation sites excluding steroid dienone is 3. The number of aryl methyl sites for hydroxylation is 1. The Morgan fingerprint density at radius 3 is 2.59 bits per heavy atom. The first kappa shape index (κ1) is 22.6. The first-order valence-electron chi connectivity index (χ1n) is 10.5. The molecular formula is C25H25Cl2N3O2. The van der Waals surface area contributed by atoms with Gasteiger partial charge in [0.15, 0.2) is 5.78 Å². The van der Waals surface area contributed by atoms with Crippen LogP contribution in [0.4, 0.5) is 5.82 Å². The number of carbonyl (C=O) groups excluding carboxylic acids is 2. The van der Waals surface area contributed by atoms with Gasteiger partial charge in [-0.25, -0.2) is 4.98 Å². The second kappa shape index (κ2) is 8.38. The van der Waals surface area contributed by atoms with Crippen molar-refractivity contribution in [3.05, 3.63) is 80.2 Å². The minimum Gasteiger partial charge on any atom is -0.362 e. The van der Waals surface area contributed by atoms with Gasteiger partial charge in [0.25, 0.3) is 5.91 Å². The van der Waals surface area contributed by atoms with Gasteiger partial charge >= 0.3 is 0 Å². The number of anilines is 1. The third-order valence-electron chi connectivity index (χ3n) is 5.89. The molecule has 1 amide bonds. The lowest BCUT2D eigenvalue weighted by atomic mass is 9.68. The van der Waals surface area contributed by atoms with Crippen LogP contribution in [0.1, 0.15) is 50.8 Å². The summed E-state index contributed by atoms with van der Waals surface area (Å²) in [5.41, 5.74) is 3.90. The molecule has 1 aromatic carbocycles. The van der Waals surface area contributed by atoms with Crippen LogP contribution >= 0.6 is 23.2 Å². The van der Waals surface area contributed by atoms with Gasteiger partial charge in [0.1, 0.15) is 5.82 Å². The molecule has 0 fully saturated rings. The molecule has 2 aliphatic rings. The van der Waals surface area contributed by atoms with Crippen molar-refractivity contribution in [2.45, 2.75) is 46.5 Å². The maximum atomic E-state index is 13.5. The summed E-state index contributed by atoms with van der Waals surface area (Å²) in [6.45, 7) is 7.86. The number of carbonyl (C=O) groups is 2. The summed E-state index contributed by atoms with van der Waals surface area (Å²) in [7, 11) is 0. The Kier molecular flexibility index (Phi) is 5.91. The Bertz CT molecular complexity index is 1200. The lowest BCUT2D eigenvalue weighted by Crippen LogP contribution is -2.39. The summed E-state index contributed by atoms with van der Waals surface area (Å²) >= 11 is 12.7. The second-order valence-corrected chi connectivity index (χ2v) is 10.1. The number of nitrogens with one attached hydrogen (secondary N) is 2. The molecule has 1 unspecified atom stereocenters. The third kappa shape index (κ3) is 4.32. The zero-order valence-electron chi connectivity index (χ0n) is 18.5. The SMILES string of the molecule is CC1=C(C(=O)Nc2cccc(C)n2)C(c2ccc(Cl)cc2Cl)C2=C(CC(C)(C)CC2=O)N1. The van der Waals surface area contributed by atoms with E-state index in [9.17, 15) is 9.59 Å². The van der Waals surface area contributed by atoms with Gasteiger partial charge < -0.3 is 10.6 Å². The van der Waals surface area contributed by atoms with Crippen LogP contribution < -0.4 is 10.6 Å². The number of benzene rings is 1. The van der Waals surface area contributed by atoms with Crippen molar-refractivity contribution < 1.29 is 9.59 Å². The van der Waals surface area contributed by atoms with Crippen molar-refractivity contribution in [1.29, 1.82) is 0 Å². The van der Waals surface area contributed by atoms with Gasteiger partial charge in [-0.2, -0.15) is 0 Å². The monoisotopic (exact) mass is 469 g/mol. The largest absolute Gasteiger partial charge is 0.362 e. The van der Waals surface area contributed by atoms with E-state index in [1.807, 2.05) is 26.0 Å². The number of amides is 1. The maximum Gasteiger partial charge on any atom is 0.255 e. The van der Waals surface area contributed by atoms with Crippen molar-refractivity contribution in [3.8, 4) is 0 Å². The molecule has 4 rings (SSSR count). The molecule has 32 heavy (non-hydrogen) atoms. The highest BCUT2D eigenvalue weighted by Crippen LogP contribution is 2.48. The van der Waals surface area contributed by atoms with Crippen molar-refractivity contribution in [2.24, 2.45) is 5.41 Å². The van der Waals surface area contributed by atoms with Gasteiger partial charge in [-0.15, -0.1) is 0 Å². The first-order valence-corrected chi connectivity index (χ1v) is 11.3. The number of ketones is 1. The molecule has 0 radical (unpaired) electrons. The van der Waals surface area contributed by atoms with Gasteiger partial charge in [0, 0.05) is 50.6 Å². The molecule has 166 valence electrons. The molecule has 2 aromatic rings. The van der Waals surface area contributed by atoms with Gasteiger partial charge in [-0.3, -0.25) is 9.59 Å². The normalized spacial score (nSPS) is 20.1. The van der Waals surface area contributed by atoms with Crippen molar-refractivity contribution in [2.75, 3.05) is 5.32 Å². The maximum absolute atomic E-state index is 13.5. The summed E-state index contributed by atoms with van der Waals surface area (Å²) in [5, 5.41) is 7.15. The quantitative estimate of drug-likeness (QED) is 0.583. The zero-order valence-corrected chi connectivity index (χ0v) is 20.0. The van der Waals surface area contributed by atoms with Crippen LogP contribution in [0.2, 0.25) is 10.0 Å². The topological polar surface area (TPSA) is 71.1 Å². The van der Waals surface area contributed by atoms with Gasteiger partial charge in [-0.1, -0.05) is 49.2 Å². The summed E-state index contributed by atoms with van der Waals surface area (Å²) in [5.74, 6) is -0.448. The predicted molar refractivity (Wildman–Crippen MR) is 128 cm³/mol. The van der Waals surface area contributed by atoms with Crippen LogP contribution in [0.3, 0.4) is 0 Å². The number of hydrogen-bond acceptors (Lipinski definition) is 4. The van der Waals surface area contributed by atoms with Crippen LogP contribution in [0.5, 0.6) is 0 Å². The Labute approximate surface area is 197 Å². The molecule has 2 heterocycles. The molecule has 1 aliphatic carbocycles. The van der Waals surface area contributed by atoms with Gasteiger partial charge in [-0.05, 0) is 55.5 Å². The highest BCUT2D eigenvalue weighted by atomic mass is 35.5. The van der Waals surface area contributed by atoms with Crippen molar-refractivity contribution >= 4 is 40.7 Å². The minimum atomic E-state index is -0.593. The second-order valence-electron chi connectivity index (χ2n) is 9.21. The summed E-state index contributed by atoms with van der Waals surface area (Å²) in [6, 6.07) is 10.6. The van der Waals surface area contributed by atoms with Gasteiger partial charge in [0.05, 0.1) is 0 Å². The third-order valence-corrected chi connectivity index (χ3v) is 6.45. The summed E-state index contributed by atoms with van der Waals surface area (Å²) in [4.78, 5) is 31.2. The standard InChI is InChI=1S/C25H25Cl2N3O2/c1-13-6-5-7-20(28-13)30-24(32)21-14(2)29-18-11-25(3,4)12-19(31)23(18)22(21)16-9-8-15(26)10-17(16)27/h5-10,22,29H,11-12H2,1-4H3,(H,28,30,32). The minimum absolute atomic E-state index is 0.0197. The molecule has 1 aliphatic heterocycles. The lowest BCUT2D eigenvalue weighted by Gasteiger charge is -2.39. The molecule has 0 spiro atoms. The number of pyridine rings is 1. The number of rotatable bonds is 3. The number of halogens is 2. The molecule has 7 heteroatoms. The van der Waals surface area contributed by atoms with E-state index in [0.717, 1.165) is 11.4 Å². The lowest BCUT2D eigenvalue weighted by molar-refractivity contribution is -0.118. The molecular weight excluding hydrogens is 445 g/mol. The Morgan fingerprint density at radius 2 is 1.91 bits per heavy atom. The number of dihydropyridines is 1. The number of nitrogens with zero attached hydrogens (tertiary/aromatic N) is 1. The average Bonchev–Trinajstić information content (AvgIpc) is 2.66. The van der Waals surface area contributed by atoms with E-state index >= 15 is 0 Å². The molecule has 5 nitrogen and oxygen atoms in total. The average molecular weight is 470 g/mol. The molecule has 2 N–H and O–H groups in total. The predicted octanol–water partition coefficient (Wildman–Crippen LogP) is 5.94. The Hall–Kier alpha value is -2.63. The Balaban J connectivity index is 1.84. The molecule has 0 bridgehead atoms. The number of hydrogen-bond donors (Lipinski definition) is 2. The van der Waals surface area contributed by atoms with E-state index in [1.54, 1.807) is 24.3 Å². The number of Topliss-reactive ketones (excluding diaryl/α,β-unsaturated/α-hetero) is 1. The van der Waals surface area contributed by atoms with Crippen LogP contribution in [0.25, 0.3) is 0 Å². The van der Waals surface area contributed by atoms with Gasteiger partial charge in [0.2, 0.25) is 0 Å². The Morgan fingerprint density at radius 1 is 1.16 bits per heavy atom. The fourth-order valence-corrected chi connectivity index (χ4v) is 5.10. The van der Waals surface area contributed by atoms with E-state index in [-0.39, 0.29) is 17.1 Å². The highest BCUT2D eigenvalue weighted by Gasteiger charge is 2.43. The van der Waals surface area contributed by atoms with E-state index in [4.69, 9.17) is 23.2 Å². The molecule has 1 aromatic heterocycles. The summed E-state index contributed by atoms with van der Waals surface area (Å²) < 4.78 is 0. The summed E-state index contributed by atoms with van der Waals surface area (Å²) in [6.07, 6.45) is 1.12. The van der Waals surface area contributed by atoms with Crippen LogP contribution in [-0.4, -0.2) is 16.7 Å². The van der Waals surface area contributed by atoms with E-state index < -0.39 is 5.92 Å². The zero-order chi connectivity index (χ0) is 23.2. The van der Waals surface area contributed by atoms with Crippen LogP contribution in [0, 0.1) is 12.3 Å². The molecule has 0 saturated carbocycles. The first-order chi connectivity index (χ1) is 15.1. The molecule has 1 atom stereocenters. The van der Waals surface area contributed by atoms with Crippen molar-refractivity contribution in [3.63, 3.8) is 0 Å². The fourth-order valence-electron chi connectivity index (χ4n) is 4.58. The van der Waals surface area contributed by atoms with E-state index in [1.165, 1.54) is 0 Å². The highest BCUT2D eigenvalue weighted by molar-refractivity contribution is 6.35. The number of aromatic nitrogens is 1. The molecule has 0 saturated heterocycles. The van der Waals surface area contributed by atoms with Crippen LogP contribution in [-0.2, 0) is 9.59 Å². The fraction of sp³-hybridized carbons (Fsp3) is 0.320.